The maximum absolute atomic E-state index is 12.1. The molecule has 0 aliphatic rings. The second-order valence-electron chi connectivity index (χ2n) is 10.5. The van der Waals surface area contributed by atoms with Crippen molar-refractivity contribution in [1.29, 1.82) is 0 Å². The van der Waals surface area contributed by atoms with E-state index in [4.69, 9.17) is 18.9 Å². The average Bonchev–Trinajstić information content (AvgIpc) is 3.06. The molecule has 8 heteroatoms. The van der Waals surface area contributed by atoms with Crippen LogP contribution in [0.25, 0.3) is 0 Å². The molecule has 5 rings (SSSR count). The van der Waals surface area contributed by atoms with Gasteiger partial charge in [0, 0.05) is 6.07 Å². The van der Waals surface area contributed by atoms with Gasteiger partial charge in [-0.1, -0.05) is 60.7 Å². The number of carboxylic acid groups (broad SMARTS) is 2. The lowest BCUT2D eigenvalue weighted by Crippen LogP contribution is -2.13. The summed E-state index contributed by atoms with van der Waals surface area (Å²) in [5.74, 6) is 0.349. The molecule has 5 aromatic rings. The van der Waals surface area contributed by atoms with Crippen LogP contribution in [0.3, 0.4) is 0 Å². The second kappa shape index (κ2) is 15.8. The van der Waals surface area contributed by atoms with E-state index in [1.165, 1.54) is 12.1 Å². The van der Waals surface area contributed by atoms with Crippen LogP contribution in [0.5, 0.6) is 34.5 Å². The van der Waals surface area contributed by atoms with E-state index < -0.39 is 23.1 Å². The smallest absolute Gasteiger partial charge is 0.340 e. The molecule has 0 saturated heterocycles. The van der Waals surface area contributed by atoms with Gasteiger partial charge in [-0.05, 0) is 91.4 Å². The van der Waals surface area contributed by atoms with Crippen molar-refractivity contribution in [3.63, 3.8) is 0 Å². The van der Waals surface area contributed by atoms with Gasteiger partial charge in [-0.15, -0.1) is 0 Å². The van der Waals surface area contributed by atoms with Crippen LogP contribution in [0, 0.1) is 0 Å². The Labute approximate surface area is 267 Å². The number of aromatic carboxylic acids is 2. The Bertz CT molecular complexity index is 1750. The number of benzene rings is 5. The normalized spacial score (nSPS) is 10.6. The van der Waals surface area contributed by atoms with Gasteiger partial charge in [0.05, 0.1) is 18.8 Å². The van der Waals surface area contributed by atoms with Crippen molar-refractivity contribution >= 4 is 11.9 Å². The Hall–Kier alpha value is -5.76. The summed E-state index contributed by atoms with van der Waals surface area (Å²) in [4.78, 5) is 24.0. The van der Waals surface area contributed by atoms with Crippen molar-refractivity contribution in [1.82, 2.24) is 0 Å². The lowest BCUT2D eigenvalue weighted by atomic mass is 10.1. The van der Waals surface area contributed by atoms with E-state index in [1.807, 2.05) is 109 Å². The summed E-state index contributed by atoms with van der Waals surface area (Å²) in [5, 5.41) is 19.6. The minimum absolute atomic E-state index is 0.0469. The van der Waals surface area contributed by atoms with E-state index in [-0.39, 0.29) is 24.7 Å². The van der Waals surface area contributed by atoms with Gasteiger partial charge >= 0.3 is 11.9 Å². The summed E-state index contributed by atoms with van der Waals surface area (Å²) in [7, 11) is 0. The highest BCUT2D eigenvalue weighted by atomic mass is 16.5. The second-order valence-corrected chi connectivity index (χ2v) is 10.5. The molecule has 0 bridgehead atoms. The zero-order valence-corrected chi connectivity index (χ0v) is 25.1. The van der Waals surface area contributed by atoms with Crippen LogP contribution in [0.4, 0.5) is 0 Å². The predicted octanol–water partition coefficient (Wildman–Crippen LogP) is 8.69. The van der Waals surface area contributed by atoms with E-state index >= 15 is 0 Å². The van der Waals surface area contributed by atoms with Crippen molar-refractivity contribution in [2.24, 2.45) is 0 Å². The van der Waals surface area contributed by atoms with Crippen LogP contribution in [0.1, 0.15) is 44.7 Å². The molecule has 0 atom stereocenters. The van der Waals surface area contributed by atoms with Crippen LogP contribution < -0.4 is 18.9 Å². The lowest BCUT2D eigenvalue weighted by Gasteiger charge is -2.15. The minimum Gasteiger partial charge on any atom is -0.493 e. The summed E-state index contributed by atoms with van der Waals surface area (Å²) in [5.41, 5.74) is 1.28. The average molecular weight is 619 g/mol. The van der Waals surface area contributed by atoms with Gasteiger partial charge in [0.2, 0.25) is 0 Å². The van der Waals surface area contributed by atoms with Gasteiger partial charge in [0.1, 0.15) is 40.1 Å². The molecule has 5 aromatic carbocycles. The summed E-state index contributed by atoms with van der Waals surface area (Å²) < 4.78 is 23.5. The molecule has 0 aliphatic heterocycles. The lowest BCUT2D eigenvalue weighted by molar-refractivity contribution is 0.0646. The number of para-hydroxylation sites is 2. The Balaban J connectivity index is 1.17. The van der Waals surface area contributed by atoms with Crippen molar-refractivity contribution in [2.75, 3.05) is 13.2 Å². The highest BCUT2D eigenvalue weighted by Gasteiger charge is 2.23. The van der Waals surface area contributed by atoms with Gasteiger partial charge in [0.15, 0.2) is 0 Å². The Morgan fingerprint density at radius 1 is 0.500 bits per heavy atom. The van der Waals surface area contributed by atoms with Crippen LogP contribution in [0.15, 0.2) is 121 Å². The first kappa shape index (κ1) is 31.7. The molecular formula is C38H34O8. The van der Waals surface area contributed by atoms with Gasteiger partial charge in [-0.25, -0.2) is 9.59 Å². The molecule has 0 fully saturated rings. The van der Waals surface area contributed by atoms with E-state index in [0.29, 0.717) is 31.4 Å². The molecule has 0 radical (unpaired) electrons. The molecule has 0 heterocycles. The topological polar surface area (TPSA) is 112 Å². The molecule has 234 valence electrons. The van der Waals surface area contributed by atoms with Crippen LogP contribution in [-0.2, 0) is 12.8 Å². The number of rotatable bonds is 16. The molecule has 0 amide bonds. The minimum atomic E-state index is -1.39. The molecular weight excluding hydrogens is 584 g/mol. The zero-order chi connectivity index (χ0) is 32.1. The van der Waals surface area contributed by atoms with Crippen molar-refractivity contribution < 1.29 is 38.7 Å². The number of ether oxygens (including phenoxy) is 4. The van der Waals surface area contributed by atoms with Gasteiger partial charge in [-0.3, -0.25) is 0 Å². The monoisotopic (exact) mass is 618 g/mol. The Morgan fingerprint density at radius 2 is 1.00 bits per heavy atom. The fourth-order valence-electron chi connectivity index (χ4n) is 4.88. The third kappa shape index (κ3) is 9.12. The summed E-state index contributed by atoms with van der Waals surface area (Å²) in [6.45, 7) is 0.462. The Morgan fingerprint density at radius 3 is 1.50 bits per heavy atom. The maximum atomic E-state index is 12.1. The Kier molecular flexibility index (Phi) is 10.9. The highest BCUT2D eigenvalue weighted by Crippen LogP contribution is 2.30. The van der Waals surface area contributed by atoms with E-state index in [2.05, 4.69) is 0 Å². The number of carboxylic acids is 2. The van der Waals surface area contributed by atoms with Crippen molar-refractivity contribution in [2.45, 2.75) is 25.7 Å². The number of hydrogen-bond acceptors (Lipinski definition) is 6. The van der Waals surface area contributed by atoms with Crippen molar-refractivity contribution in [3.8, 4) is 34.5 Å². The molecule has 0 aromatic heterocycles. The standard InChI is InChI=1S/C38H34O8/c39-37(40)34-25-33(43-21-9-13-27-11-7-19-31(23-27)45-29-15-3-1-4-16-29)26-35(36(34)38(41)42)44-22-10-14-28-12-8-20-32(24-28)46-30-17-5-2-6-18-30/h1-8,11-12,15-20,23-26H,9-10,13-14,21-22H2,(H,39,40)(H,41,42). The third-order valence-electron chi connectivity index (χ3n) is 7.02. The fourth-order valence-corrected chi connectivity index (χ4v) is 4.88. The van der Waals surface area contributed by atoms with E-state index in [9.17, 15) is 19.8 Å². The van der Waals surface area contributed by atoms with Crippen LogP contribution in [0.2, 0.25) is 0 Å². The zero-order valence-electron chi connectivity index (χ0n) is 25.1. The molecule has 0 aliphatic carbocycles. The molecule has 46 heavy (non-hydrogen) atoms. The number of hydrogen-bond donors (Lipinski definition) is 2. The first-order valence-electron chi connectivity index (χ1n) is 15.0. The highest BCUT2D eigenvalue weighted by molar-refractivity contribution is 6.04. The van der Waals surface area contributed by atoms with E-state index in [0.717, 1.165) is 28.4 Å². The predicted molar refractivity (Wildman–Crippen MR) is 174 cm³/mol. The van der Waals surface area contributed by atoms with Gasteiger partial charge in [-0.2, -0.15) is 0 Å². The van der Waals surface area contributed by atoms with Crippen molar-refractivity contribution in [3.05, 3.63) is 144 Å². The first-order valence-corrected chi connectivity index (χ1v) is 15.0. The molecule has 8 nitrogen and oxygen atoms in total. The summed E-state index contributed by atoms with van der Waals surface area (Å²) >= 11 is 0. The molecule has 0 spiro atoms. The summed E-state index contributed by atoms with van der Waals surface area (Å²) in [6, 6.07) is 37.2. The maximum Gasteiger partial charge on any atom is 0.340 e. The largest absolute Gasteiger partial charge is 0.493 e. The first-order chi connectivity index (χ1) is 22.4. The fraction of sp³-hybridized carbons (Fsp3) is 0.158. The molecule has 0 unspecified atom stereocenters. The van der Waals surface area contributed by atoms with Crippen LogP contribution in [-0.4, -0.2) is 35.4 Å². The molecule has 2 N–H and O–H groups in total. The molecule has 0 saturated carbocycles. The summed E-state index contributed by atoms with van der Waals surface area (Å²) in [6.07, 6.45) is 2.55. The van der Waals surface area contributed by atoms with E-state index in [1.54, 1.807) is 0 Å². The van der Waals surface area contributed by atoms with Gasteiger partial charge < -0.3 is 29.2 Å². The number of aryl methyl sites for hydroxylation is 2. The number of carbonyl (C=O) groups is 2. The SMILES string of the molecule is O=C(O)c1cc(OCCCc2cccc(Oc3ccccc3)c2)cc(OCCCc2cccc(Oc3ccccc3)c2)c1C(=O)O. The third-order valence-corrected chi connectivity index (χ3v) is 7.02. The van der Waals surface area contributed by atoms with Gasteiger partial charge in [0.25, 0.3) is 0 Å². The quantitative estimate of drug-likeness (QED) is 0.106. The van der Waals surface area contributed by atoms with Crippen LogP contribution >= 0.6 is 0 Å².